The fourth-order valence-corrected chi connectivity index (χ4v) is 3.82. The minimum absolute atomic E-state index is 0. The third-order valence-electron chi connectivity index (χ3n) is 5.94. The Morgan fingerprint density at radius 1 is 0.690 bits per heavy atom. The topological polar surface area (TPSA) is 129 Å². The predicted octanol–water partition coefficient (Wildman–Crippen LogP) is 8.41. The van der Waals surface area contributed by atoms with Crippen LogP contribution in [0, 0.1) is 50.4 Å². The number of benzene rings is 2. The predicted molar refractivity (Wildman–Crippen MR) is 167 cm³/mol. The van der Waals surface area contributed by atoms with E-state index in [1.54, 1.807) is 43.3 Å². The van der Waals surface area contributed by atoms with Crippen molar-refractivity contribution in [1.82, 2.24) is 19.9 Å². The zero-order valence-corrected chi connectivity index (χ0v) is 25.7. The van der Waals surface area contributed by atoms with Gasteiger partial charge in [0.15, 0.2) is 0 Å². The Morgan fingerprint density at radius 3 is 1.55 bits per heavy atom. The number of aryl methyl sites for hydroxylation is 2. The Hall–Kier alpha value is -3.79. The van der Waals surface area contributed by atoms with E-state index in [1.807, 2.05) is 52.8 Å². The molecule has 0 saturated carbocycles. The second-order valence-corrected chi connectivity index (χ2v) is 9.94. The standard InChI is InChI=1S/C15H14ClN3O.C9H9NO.C6H6Cl2N2.CH4/c1-9-10(2)18-15(16)19-14(9)20-11(3)13-6-4-12(8-17)5-7-13;1-7(11)9-4-2-8(6-10)3-5-9;1-3-4(2)9-6(8)10-5(3)7;/h4-7,11H,1-3H3;2-5,7,11H,1H3;1-2H3;1H4/t11-;7-;;/m00../s1. The van der Waals surface area contributed by atoms with Gasteiger partial charge in [-0.3, -0.25) is 0 Å². The highest BCUT2D eigenvalue weighted by Gasteiger charge is 2.13. The summed E-state index contributed by atoms with van der Waals surface area (Å²) in [6, 6.07) is 18.3. The van der Waals surface area contributed by atoms with Gasteiger partial charge in [0.1, 0.15) is 11.3 Å². The molecule has 2 aromatic heterocycles. The maximum atomic E-state index is 9.10. The number of aliphatic hydroxyl groups is 1. The molecule has 1 N–H and O–H groups in total. The average Bonchev–Trinajstić information content (AvgIpc) is 2.95. The summed E-state index contributed by atoms with van der Waals surface area (Å²) in [4.78, 5) is 15.8. The first-order valence-corrected chi connectivity index (χ1v) is 13.5. The molecule has 8 nitrogen and oxygen atoms in total. The van der Waals surface area contributed by atoms with Crippen molar-refractivity contribution in [3.63, 3.8) is 0 Å². The minimum Gasteiger partial charge on any atom is -0.469 e. The zero-order valence-electron chi connectivity index (χ0n) is 23.4. The molecule has 0 bridgehead atoms. The fraction of sp³-hybridized carbons (Fsp3) is 0.290. The summed E-state index contributed by atoms with van der Waals surface area (Å²) in [5.74, 6) is 0.486. The Bertz CT molecular complexity index is 1520. The van der Waals surface area contributed by atoms with Crippen LogP contribution >= 0.6 is 34.8 Å². The van der Waals surface area contributed by atoms with Crippen LogP contribution in [0.2, 0.25) is 15.7 Å². The molecular formula is C31H33Cl3N6O2. The van der Waals surface area contributed by atoms with Crippen molar-refractivity contribution < 1.29 is 9.84 Å². The number of aromatic nitrogens is 4. The molecule has 0 fully saturated rings. The van der Waals surface area contributed by atoms with Crippen LogP contribution in [0.25, 0.3) is 0 Å². The monoisotopic (exact) mass is 626 g/mol. The second kappa shape index (κ2) is 17.2. The van der Waals surface area contributed by atoms with Crippen molar-refractivity contribution in [2.24, 2.45) is 0 Å². The van der Waals surface area contributed by atoms with Crippen LogP contribution in [-0.4, -0.2) is 25.0 Å². The summed E-state index contributed by atoms with van der Waals surface area (Å²) in [5, 5.41) is 27.2. The van der Waals surface area contributed by atoms with E-state index >= 15 is 0 Å². The highest BCUT2D eigenvalue weighted by molar-refractivity contribution is 6.32. The highest BCUT2D eigenvalue weighted by atomic mass is 35.5. The normalized spacial score (nSPS) is 11.1. The summed E-state index contributed by atoms with van der Waals surface area (Å²) < 4.78 is 5.85. The van der Waals surface area contributed by atoms with Crippen LogP contribution in [0.5, 0.6) is 5.88 Å². The number of aliphatic hydroxyl groups excluding tert-OH is 1. The summed E-state index contributed by atoms with van der Waals surface area (Å²) >= 11 is 17.1. The molecule has 0 aliphatic rings. The molecule has 2 heterocycles. The van der Waals surface area contributed by atoms with Crippen LogP contribution in [0.4, 0.5) is 0 Å². The maximum absolute atomic E-state index is 9.10. The lowest BCUT2D eigenvalue weighted by Crippen LogP contribution is -2.07. The van der Waals surface area contributed by atoms with Gasteiger partial charge in [0.05, 0.1) is 29.4 Å². The Kier molecular flexibility index (Phi) is 14.9. The van der Waals surface area contributed by atoms with E-state index in [1.165, 1.54) is 0 Å². The Morgan fingerprint density at radius 2 is 1.12 bits per heavy atom. The molecule has 4 aromatic rings. The second-order valence-electron chi connectivity index (χ2n) is 8.91. The third-order valence-corrected chi connectivity index (χ3v) is 6.65. The van der Waals surface area contributed by atoms with Crippen LogP contribution in [0.1, 0.15) is 78.3 Å². The summed E-state index contributed by atoms with van der Waals surface area (Å²) in [5.41, 5.74) is 6.42. The van der Waals surface area contributed by atoms with Gasteiger partial charge >= 0.3 is 0 Å². The summed E-state index contributed by atoms with van der Waals surface area (Å²) in [6.07, 6.45) is -0.644. The number of halogens is 3. The fourth-order valence-electron chi connectivity index (χ4n) is 3.15. The number of nitrogens with zero attached hydrogens (tertiary/aromatic N) is 6. The molecule has 0 unspecified atom stereocenters. The van der Waals surface area contributed by atoms with Gasteiger partial charge in [0.2, 0.25) is 16.4 Å². The number of ether oxygens (including phenoxy) is 1. The average molecular weight is 628 g/mol. The van der Waals surface area contributed by atoms with Gasteiger partial charge < -0.3 is 9.84 Å². The van der Waals surface area contributed by atoms with Gasteiger partial charge in [0.25, 0.3) is 0 Å². The first-order valence-electron chi connectivity index (χ1n) is 12.4. The minimum atomic E-state index is -0.456. The van der Waals surface area contributed by atoms with Crippen molar-refractivity contribution in [3.05, 3.63) is 109 Å². The van der Waals surface area contributed by atoms with Gasteiger partial charge in [0, 0.05) is 22.5 Å². The van der Waals surface area contributed by atoms with Crippen molar-refractivity contribution in [3.8, 4) is 18.0 Å². The Labute approximate surface area is 262 Å². The van der Waals surface area contributed by atoms with E-state index in [-0.39, 0.29) is 24.1 Å². The van der Waals surface area contributed by atoms with Crippen molar-refractivity contribution >= 4 is 34.8 Å². The number of nitriles is 2. The molecular weight excluding hydrogens is 595 g/mol. The number of hydrogen-bond donors (Lipinski definition) is 1. The molecule has 0 aliphatic carbocycles. The maximum Gasteiger partial charge on any atom is 0.225 e. The first kappa shape index (κ1) is 36.2. The molecule has 0 saturated heterocycles. The van der Waals surface area contributed by atoms with Crippen molar-refractivity contribution in [2.75, 3.05) is 0 Å². The Balaban J connectivity index is 0.000000341. The SMILES string of the molecule is C.C[C@H](O)c1ccc(C#N)cc1.Cc1nc(Cl)nc(Cl)c1C.Cc1nc(Cl)nc(O[C@@H](C)c2ccc(C#N)cc2)c1C. The molecule has 220 valence electrons. The van der Waals surface area contributed by atoms with E-state index in [4.69, 9.17) is 55.2 Å². The molecule has 0 spiro atoms. The van der Waals surface area contributed by atoms with Gasteiger partial charge in [-0.2, -0.15) is 15.5 Å². The van der Waals surface area contributed by atoms with E-state index in [2.05, 4.69) is 26.0 Å². The van der Waals surface area contributed by atoms with Crippen LogP contribution in [0.15, 0.2) is 48.5 Å². The van der Waals surface area contributed by atoms with Crippen LogP contribution in [0.3, 0.4) is 0 Å². The quantitative estimate of drug-likeness (QED) is 0.176. The molecule has 0 radical (unpaired) electrons. The van der Waals surface area contributed by atoms with E-state index in [0.717, 1.165) is 33.6 Å². The van der Waals surface area contributed by atoms with Gasteiger partial charge in [-0.15, -0.1) is 0 Å². The number of hydrogen-bond acceptors (Lipinski definition) is 8. The molecule has 0 aliphatic heterocycles. The van der Waals surface area contributed by atoms with Gasteiger partial charge in [-0.1, -0.05) is 43.3 Å². The molecule has 11 heteroatoms. The number of rotatable bonds is 4. The third kappa shape index (κ3) is 10.9. The van der Waals surface area contributed by atoms with Gasteiger partial charge in [-0.05, 0) is 100 Å². The van der Waals surface area contributed by atoms with E-state index < -0.39 is 6.10 Å². The summed E-state index contributed by atoms with van der Waals surface area (Å²) in [6.45, 7) is 11.1. The summed E-state index contributed by atoms with van der Waals surface area (Å²) in [7, 11) is 0. The lowest BCUT2D eigenvalue weighted by atomic mass is 10.1. The van der Waals surface area contributed by atoms with Gasteiger partial charge in [-0.25, -0.2) is 15.0 Å². The van der Waals surface area contributed by atoms with Crippen LogP contribution in [-0.2, 0) is 0 Å². The first-order chi connectivity index (χ1) is 19.4. The van der Waals surface area contributed by atoms with Crippen molar-refractivity contribution in [1.29, 1.82) is 10.5 Å². The molecule has 2 atom stereocenters. The highest BCUT2D eigenvalue weighted by Crippen LogP contribution is 2.25. The lowest BCUT2D eigenvalue weighted by molar-refractivity contribution is 0.199. The molecule has 42 heavy (non-hydrogen) atoms. The van der Waals surface area contributed by atoms with Crippen LogP contribution < -0.4 is 4.74 Å². The van der Waals surface area contributed by atoms with E-state index in [9.17, 15) is 0 Å². The van der Waals surface area contributed by atoms with E-state index in [0.29, 0.717) is 22.2 Å². The van der Waals surface area contributed by atoms with Crippen molar-refractivity contribution in [2.45, 2.75) is 61.2 Å². The molecule has 0 amide bonds. The largest absolute Gasteiger partial charge is 0.469 e. The lowest BCUT2D eigenvalue weighted by Gasteiger charge is -2.16. The molecule has 2 aromatic carbocycles. The molecule has 4 rings (SSSR count). The smallest absolute Gasteiger partial charge is 0.225 e. The zero-order chi connectivity index (χ0) is 30.7.